The van der Waals surface area contributed by atoms with Gasteiger partial charge >= 0.3 is 8.25 Å². The molecule has 1 rings (SSSR count). The lowest BCUT2D eigenvalue weighted by Crippen LogP contribution is -2.35. The molecule has 0 amide bonds. The third-order valence-corrected chi connectivity index (χ3v) is 2.69. The van der Waals surface area contributed by atoms with Gasteiger partial charge in [0.1, 0.15) is 6.10 Å². The first-order valence-electron chi connectivity index (χ1n) is 4.72. The van der Waals surface area contributed by atoms with E-state index in [1.54, 1.807) is 6.92 Å². The number of rotatable bonds is 5. The highest BCUT2D eigenvalue weighted by molar-refractivity contribution is 7.32. The number of benzene rings is 1. The maximum absolute atomic E-state index is 10.4. The second-order valence-electron chi connectivity index (χ2n) is 3.40. The van der Waals surface area contributed by atoms with Gasteiger partial charge in [0.2, 0.25) is 0 Å². The highest BCUT2D eigenvalue weighted by Gasteiger charge is 2.24. The van der Waals surface area contributed by atoms with Crippen LogP contribution in [-0.2, 0) is 15.5 Å². The predicted molar refractivity (Wildman–Crippen MR) is 58.5 cm³/mol. The lowest BCUT2D eigenvalue weighted by Gasteiger charge is -2.14. The molecule has 0 spiro atoms. The summed E-state index contributed by atoms with van der Waals surface area (Å²) in [6, 6.07) is 9.44. The molecule has 0 aromatic heterocycles. The Hall–Kier alpha value is -0.800. The van der Waals surface area contributed by atoms with E-state index >= 15 is 0 Å². The van der Waals surface area contributed by atoms with Gasteiger partial charge in [-0.05, 0) is 18.9 Å². The molecule has 1 aromatic carbocycles. The van der Waals surface area contributed by atoms with Crippen LogP contribution < -0.4 is 5.73 Å². The maximum Gasteiger partial charge on any atom is 0.695 e. The van der Waals surface area contributed by atoms with Crippen molar-refractivity contribution in [3.8, 4) is 0 Å². The minimum Gasteiger partial charge on any atom is -0.325 e. The number of nitrogens with two attached hydrogens (primary N) is 1. The van der Waals surface area contributed by atoms with Crippen LogP contribution in [0.5, 0.6) is 0 Å². The molecule has 5 heteroatoms. The topological polar surface area (TPSA) is 72.5 Å². The highest BCUT2D eigenvalue weighted by atomic mass is 31.1. The summed E-state index contributed by atoms with van der Waals surface area (Å²) in [5, 5.41) is 0. The minimum atomic E-state index is -2.58. The van der Waals surface area contributed by atoms with E-state index in [2.05, 4.69) is 0 Å². The van der Waals surface area contributed by atoms with Crippen LogP contribution in [0.3, 0.4) is 0 Å². The first-order valence-corrected chi connectivity index (χ1v) is 5.85. The Balaban J connectivity index is 2.48. The molecule has 0 aliphatic rings. The van der Waals surface area contributed by atoms with Crippen LogP contribution in [0.2, 0.25) is 0 Å². The van der Waals surface area contributed by atoms with E-state index in [0.29, 0.717) is 6.42 Å². The van der Waals surface area contributed by atoms with Crippen molar-refractivity contribution < 1.29 is 14.0 Å². The van der Waals surface area contributed by atoms with E-state index in [1.807, 2.05) is 30.3 Å². The third kappa shape index (κ3) is 4.49. The molecule has 82 valence electrons. The maximum atomic E-state index is 10.4. The van der Waals surface area contributed by atoms with Crippen molar-refractivity contribution in [2.24, 2.45) is 5.73 Å². The van der Waals surface area contributed by atoms with Crippen molar-refractivity contribution in [2.75, 3.05) is 0 Å². The van der Waals surface area contributed by atoms with E-state index in [0.717, 1.165) is 5.56 Å². The summed E-state index contributed by atoms with van der Waals surface area (Å²) in [4.78, 5) is 8.57. The molecule has 1 aromatic rings. The molecule has 15 heavy (non-hydrogen) atoms. The zero-order chi connectivity index (χ0) is 11.3. The van der Waals surface area contributed by atoms with Crippen LogP contribution in [0.4, 0.5) is 0 Å². The summed E-state index contributed by atoms with van der Waals surface area (Å²) in [7, 11) is -2.58. The van der Waals surface area contributed by atoms with Gasteiger partial charge in [-0.15, -0.1) is 9.42 Å². The molecule has 0 bridgehead atoms. The standard InChI is InChI=1S/C10H14NO3P/c1-8(14-15(12)13)10(11)7-9-5-3-2-4-6-9/h2-6,8,10H,7,11H2,1H3/p+1. The SMILES string of the molecule is CC(O[P+](=O)O)C(N)Cc1ccccc1. The second-order valence-corrected chi connectivity index (χ2v) is 4.09. The average Bonchev–Trinajstić information content (AvgIpc) is 2.18. The van der Waals surface area contributed by atoms with Gasteiger partial charge in [0, 0.05) is 10.6 Å². The van der Waals surface area contributed by atoms with Crippen LogP contribution in [-0.4, -0.2) is 17.0 Å². The highest BCUT2D eigenvalue weighted by Crippen LogP contribution is 2.20. The molecule has 3 atom stereocenters. The third-order valence-electron chi connectivity index (χ3n) is 2.17. The lowest BCUT2D eigenvalue weighted by molar-refractivity contribution is 0.177. The van der Waals surface area contributed by atoms with Gasteiger partial charge in [-0.25, -0.2) is 0 Å². The van der Waals surface area contributed by atoms with E-state index in [9.17, 15) is 4.57 Å². The van der Waals surface area contributed by atoms with E-state index < -0.39 is 14.4 Å². The monoisotopic (exact) mass is 228 g/mol. The zero-order valence-corrected chi connectivity index (χ0v) is 9.43. The molecule has 4 nitrogen and oxygen atoms in total. The van der Waals surface area contributed by atoms with Crippen molar-refractivity contribution in [3.05, 3.63) is 35.9 Å². The molecule has 0 aliphatic carbocycles. The fraction of sp³-hybridized carbons (Fsp3) is 0.400. The largest absolute Gasteiger partial charge is 0.695 e. The molecule has 3 unspecified atom stereocenters. The van der Waals surface area contributed by atoms with Gasteiger partial charge in [-0.2, -0.15) is 0 Å². The summed E-state index contributed by atoms with van der Waals surface area (Å²) in [6.07, 6.45) is 0.198. The zero-order valence-electron chi connectivity index (χ0n) is 8.54. The average molecular weight is 228 g/mol. The minimum absolute atomic E-state index is 0.279. The van der Waals surface area contributed by atoms with Crippen LogP contribution in [0, 0.1) is 0 Å². The molecule has 0 radical (unpaired) electrons. The van der Waals surface area contributed by atoms with Crippen LogP contribution in [0.15, 0.2) is 30.3 Å². The molecule has 0 saturated carbocycles. The van der Waals surface area contributed by atoms with Gasteiger partial charge in [0.05, 0.1) is 0 Å². The summed E-state index contributed by atoms with van der Waals surface area (Å²) < 4.78 is 15.2. The van der Waals surface area contributed by atoms with E-state index in [1.165, 1.54) is 0 Å². The van der Waals surface area contributed by atoms with Crippen molar-refractivity contribution in [3.63, 3.8) is 0 Å². The van der Waals surface area contributed by atoms with Gasteiger partial charge in [-0.3, -0.25) is 0 Å². The quantitative estimate of drug-likeness (QED) is 0.751. The molecule has 3 N–H and O–H groups in total. The Morgan fingerprint density at radius 3 is 2.60 bits per heavy atom. The summed E-state index contributed by atoms with van der Waals surface area (Å²) in [6.45, 7) is 1.69. The molecular weight excluding hydrogens is 213 g/mol. The molecule has 0 fully saturated rings. The van der Waals surface area contributed by atoms with Gasteiger partial charge in [0.25, 0.3) is 0 Å². The first-order chi connectivity index (χ1) is 7.09. The normalized spacial score (nSPS) is 15.8. The fourth-order valence-electron chi connectivity index (χ4n) is 1.27. The predicted octanol–water partition coefficient (Wildman–Crippen LogP) is 1.61. The van der Waals surface area contributed by atoms with Gasteiger partial charge in [-0.1, -0.05) is 30.3 Å². The van der Waals surface area contributed by atoms with Gasteiger partial charge < -0.3 is 5.73 Å². The Bertz CT molecular complexity index is 318. The van der Waals surface area contributed by atoms with Crippen LogP contribution >= 0.6 is 8.25 Å². The van der Waals surface area contributed by atoms with Crippen molar-refractivity contribution in [1.82, 2.24) is 0 Å². The number of hydrogen-bond donors (Lipinski definition) is 2. The molecular formula is C10H15NO3P+. The summed E-state index contributed by atoms with van der Waals surface area (Å²) >= 11 is 0. The Morgan fingerprint density at radius 1 is 1.47 bits per heavy atom. The Kier molecular flexibility index (Phi) is 4.85. The molecule has 0 saturated heterocycles. The number of hydrogen-bond acceptors (Lipinski definition) is 3. The van der Waals surface area contributed by atoms with Crippen molar-refractivity contribution >= 4 is 8.25 Å². The van der Waals surface area contributed by atoms with Crippen molar-refractivity contribution in [2.45, 2.75) is 25.5 Å². The smallest absolute Gasteiger partial charge is 0.325 e. The van der Waals surface area contributed by atoms with E-state index in [4.69, 9.17) is 15.2 Å². The lowest BCUT2D eigenvalue weighted by atomic mass is 10.0. The first kappa shape index (κ1) is 12.3. The van der Waals surface area contributed by atoms with Crippen LogP contribution in [0.1, 0.15) is 12.5 Å². The Morgan fingerprint density at radius 2 is 2.07 bits per heavy atom. The molecule has 0 heterocycles. The summed E-state index contributed by atoms with van der Waals surface area (Å²) in [5.41, 5.74) is 6.92. The van der Waals surface area contributed by atoms with Crippen LogP contribution in [0.25, 0.3) is 0 Å². The molecule has 0 aliphatic heterocycles. The van der Waals surface area contributed by atoms with Crippen molar-refractivity contribution in [1.29, 1.82) is 0 Å². The Labute approximate surface area is 90.0 Å². The second kappa shape index (κ2) is 5.93. The summed E-state index contributed by atoms with van der Waals surface area (Å²) in [5.74, 6) is 0. The fourth-order valence-corrected chi connectivity index (χ4v) is 1.71. The van der Waals surface area contributed by atoms with Gasteiger partial charge in [0.15, 0.2) is 0 Å². The van der Waals surface area contributed by atoms with E-state index in [-0.39, 0.29) is 6.04 Å².